The largest absolute Gasteiger partial charge is 0.391 e. The Balaban J connectivity index is 2.03. The lowest BCUT2D eigenvalue weighted by molar-refractivity contribution is -0.183. The highest BCUT2D eigenvalue weighted by Crippen LogP contribution is 2.34. The van der Waals surface area contributed by atoms with E-state index in [1.54, 1.807) is 0 Å². The second-order valence-corrected chi connectivity index (χ2v) is 4.85. The molecule has 1 aromatic rings. The molecule has 1 nitrogen and oxygen atoms in total. The standard InChI is InChI=1S/C13H14F5N/c14-10-2-1-8(12(15)7-10)5-11-6-9(3-4-19-11)13(16,17)18/h1-2,7,9,11,19H,3-6H2. The normalized spacial score (nSPS) is 24.5. The molecule has 6 heteroatoms. The molecule has 1 aliphatic heterocycles. The lowest BCUT2D eigenvalue weighted by Gasteiger charge is -2.31. The Morgan fingerprint density at radius 2 is 1.95 bits per heavy atom. The van der Waals surface area contributed by atoms with Crippen LogP contribution >= 0.6 is 0 Å². The fourth-order valence-electron chi connectivity index (χ4n) is 2.41. The third-order valence-electron chi connectivity index (χ3n) is 3.44. The summed E-state index contributed by atoms with van der Waals surface area (Å²) in [5.74, 6) is -2.75. The quantitative estimate of drug-likeness (QED) is 0.818. The molecular formula is C13H14F5N. The molecule has 0 aromatic heterocycles. The average Bonchev–Trinajstić information content (AvgIpc) is 2.32. The van der Waals surface area contributed by atoms with Gasteiger partial charge in [0.25, 0.3) is 0 Å². The van der Waals surface area contributed by atoms with Crippen LogP contribution in [0.4, 0.5) is 22.0 Å². The molecule has 1 saturated heterocycles. The predicted molar refractivity (Wildman–Crippen MR) is 60.6 cm³/mol. The number of rotatable bonds is 2. The highest BCUT2D eigenvalue weighted by atomic mass is 19.4. The summed E-state index contributed by atoms with van der Waals surface area (Å²) < 4.78 is 64.1. The zero-order chi connectivity index (χ0) is 14.0. The Morgan fingerprint density at radius 3 is 2.58 bits per heavy atom. The molecule has 1 N–H and O–H groups in total. The van der Waals surface area contributed by atoms with E-state index in [4.69, 9.17) is 0 Å². The first-order valence-electron chi connectivity index (χ1n) is 6.10. The number of piperidine rings is 1. The second kappa shape index (κ2) is 5.45. The van der Waals surface area contributed by atoms with Gasteiger partial charge in [0.15, 0.2) is 0 Å². The van der Waals surface area contributed by atoms with Crippen LogP contribution in [0.25, 0.3) is 0 Å². The first-order chi connectivity index (χ1) is 8.86. The summed E-state index contributed by atoms with van der Waals surface area (Å²) in [5.41, 5.74) is 0.238. The van der Waals surface area contributed by atoms with E-state index >= 15 is 0 Å². The molecule has 0 bridgehead atoms. The minimum absolute atomic E-state index is 0.0475. The highest BCUT2D eigenvalue weighted by Gasteiger charge is 2.42. The van der Waals surface area contributed by atoms with Gasteiger partial charge in [-0.2, -0.15) is 13.2 Å². The summed E-state index contributed by atoms with van der Waals surface area (Å²) in [6.07, 6.45) is -4.09. The molecule has 1 fully saturated rings. The van der Waals surface area contributed by atoms with Gasteiger partial charge < -0.3 is 5.32 Å². The van der Waals surface area contributed by atoms with Gasteiger partial charge in [-0.25, -0.2) is 8.78 Å². The van der Waals surface area contributed by atoms with E-state index < -0.39 is 29.8 Å². The molecule has 0 radical (unpaired) electrons. The van der Waals surface area contributed by atoms with Gasteiger partial charge in [-0.1, -0.05) is 6.07 Å². The SMILES string of the molecule is Fc1ccc(CC2CC(C(F)(F)F)CCN2)c(F)c1. The van der Waals surface area contributed by atoms with E-state index in [0.29, 0.717) is 0 Å². The van der Waals surface area contributed by atoms with Gasteiger partial charge in [0, 0.05) is 12.1 Å². The number of hydrogen-bond donors (Lipinski definition) is 1. The minimum Gasteiger partial charge on any atom is -0.314 e. The molecule has 19 heavy (non-hydrogen) atoms. The van der Waals surface area contributed by atoms with E-state index in [2.05, 4.69) is 5.32 Å². The van der Waals surface area contributed by atoms with Crippen molar-refractivity contribution in [2.75, 3.05) is 6.54 Å². The first-order valence-corrected chi connectivity index (χ1v) is 6.10. The zero-order valence-corrected chi connectivity index (χ0v) is 10.1. The topological polar surface area (TPSA) is 12.0 Å². The summed E-state index contributed by atoms with van der Waals surface area (Å²) in [7, 11) is 0. The maximum absolute atomic E-state index is 13.4. The van der Waals surface area contributed by atoms with Crippen molar-refractivity contribution in [2.24, 2.45) is 5.92 Å². The van der Waals surface area contributed by atoms with Crippen molar-refractivity contribution >= 4 is 0 Å². The van der Waals surface area contributed by atoms with Crippen molar-refractivity contribution in [2.45, 2.75) is 31.5 Å². The summed E-state index contributed by atoms with van der Waals surface area (Å²) >= 11 is 0. The molecule has 1 aliphatic rings. The number of nitrogens with one attached hydrogen (secondary N) is 1. The van der Waals surface area contributed by atoms with Gasteiger partial charge >= 0.3 is 6.18 Å². The molecular weight excluding hydrogens is 265 g/mol. The van der Waals surface area contributed by atoms with E-state index in [1.165, 1.54) is 6.07 Å². The van der Waals surface area contributed by atoms with Crippen LogP contribution in [0.3, 0.4) is 0 Å². The van der Waals surface area contributed by atoms with Crippen LogP contribution in [-0.4, -0.2) is 18.8 Å². The van der Waals surface area contributed by atoms with Gasteiger partial charge in [0.05, 0.1) is 5.92 Å². The Labute approximate surface area is 107 Å². The molecule has 0 saturated carbocycles. The van der Waals surface area contributed by atoms with E-state index in [0.717, 1.165) is 12.1 Å². The molecule has 1 heterocycles. The summed E-state index contributed by atoms with van der Waals surface area (Å²) in [5, 5.41) is 2.95. The molecule has 2 unspecified atom stereocenters. The number of hydrogen-bond acceptors (Lipinski definition) is 1. The molecule has 2 atom stereocenters. The van der Waals surface area contributed by atoms with Crippen LogP contribution in [0.15, 0.2) is 18.2 Å². The number of benzene rings is 1. The van der Waals surface area contributed by atoms with Gasteiger partial charge in [0.1, 0.15) is 11.6 Å². The van der Waals surface area contributed by atoms with Crippen molar-refractivity contribution in [1.82, 2.24) is 5.32 Å². The summed E-state index contributed by atoms with van der Waals surface area (Å²) in [6.45, 7) is 0.262. The van der Waals surface area contributed by atoms with Crippen LogP contribution < -0.4 is 5.32 Å². The number of halogens is 5. The maximum atomic E-state index is 13.4. The van der Waals surface area contributed by atoms with Crippen LogP contribution in [0.5, 0.6) is 0 Å². The zero-order valence-electron chi connectivity index (χ0n) is 10.1. The monoisotopic (exact) mass is 279 g/mol. The molecule has 2 rings (SSSR count). The minimum atomic E-state index is -4.21. The Kier molecular flexibility index (Phi) is 4.08. The highest BCUT2D eigenvalue weighted by molar-refractivity contribution is 5.19. The second-order valence-electron chi connectivity index (χ2n) is 4.85. The fraction of sp³-hybridized carbons (Fsp3) is 0.538. The lowest BCUT2D eigenvalue weighted by atomic mass is 9.88. The van der Waals surface area contributed by atoms with Crippen molar-refractivity contribution in [1.29, 1.82) is 0 Å². The van der Waals surface area contributed by atoms with Crippen LogP contribution in [0.1, 0.15) is 18.4 Å². The van der Waals surface area contributed by atoms with Crippen molar-refractivity contribution in [3.05, 3.63) is 35.4 Å². The van der Waals surface area contributed by atoms with Gasteiger partial charge in [-0.05, 0) is 37.4 Å². The molecule has 0 aliphatic carbocycles. The van der Waals surface area contributed by atoms with Gasteiger partial charge in [0.2, 0.25) is 0 Å². The Hall–Kier alpha value is -1.17. The Morgan fingerprint density at radius 1 is 1.21 bits per heavy atom. The lowest BCUT2D eigenvalue weighted by Crippen LogP contribution is -2.43. The van der Waals surface area contributed by atoms with E-state index in [-0.39, 0.29) is 31.4 Å². The van der Waals surface area contributed by atoms with Gasteiger partial charge in [-0.3, -0.25) is 0 Å². The third kappa shape index (κ3) is 3.65. The molecule has 106 valence electrons. The molecule has 1 aromatic carbocycles. The average molecular weight is 279 g/mol. The first kappa shape index (κ1) is 14.2. The van der Waals surface area contributed by atoms with Gasteiger partial charge in [-0.15, -0.1) is 0 Å². The van der Waals surface area contributed by atoms with E-state index in [1.807, 2.05) is 0 Å². The number of alkyl halides is 3. The molecule has 0 amide bonds. The smallest absolute Gasteiger partial charge is 0.314 e. The van der Waals surface area contributed by atoms with Crippen LogP contribution in [0.2, 0.25) is 0 Å². The third-order valence-corrected chi connectivity index (χ3v) is 3.44. The van der Waals surface area contributed by atoms with Crippen molar-refractivity contribution in [3.8, 4) is 0 Å². The Bertz CT molecular complexity index is 443. The van der Waals surface area contributed by atoms with E-state index in [9.17, 15) is 22.0 Å². The summed E-state index contributed by atoms with van der Waals surface area (Å²) in [6, 6.07) is 2.71. The predicted octanol–water partition coefficient (Wildman–Crippen LogP) is 3.44. The fourth-order valence-corrected chi connectivity index (χ4v) is 2.41. The summed E-state index contributed by atoms with van der Waals surface area (Å²) in [4.78, 5) is 0. The van der Waals surface area contributed by atoms with Crippen LogP contribution in [-0.2, 0) is 6.42 Å². The maximum Gasteiger partial charge on any atom is 0.391 e. The van der Waals surface area contributed by atoms with Crippen molar-refractivity contribution < 1.29 is 22.0 Å². The molecule has 0 spiro atoms. The van der Waals surface area contributed by atoms with Crippen molar-refractivity contribution in [3.63, 3.8) is 0 Å². The van der Waals surface area contributed by atoms with Crippen LogP contribution in [0, 0.1) is 17.6 Å².